The molecule has 4 nitrogen and oxygen atoms in total. The average molecular weight is 224 g/mol. The second-order valence-corrected chi connectivity index (χ2v) is 4.94. The van der Waals surface area contributed by atoms with Crippen LogP contribution in [0.5, 0.6) is 0 Å². The van der Waals surface area contributed by atoms with Crippen LogP contribution in [-0.4, -0.2) is 35.7 Å². The number of carbonyl (C=O) groups is 2. The van der Waals surface area contributed by atoms with Crippen molar-refractivity contribution < 1.29 is 19.4 Å². The van der Waals surface area contributed by atoms with Gasteiger partial charge in [0, 0.05) is 11.5 Å². The molecule has 13 heavy (non-hydrogen) atoms. The summed E-state index contributed by atoms with van der Waals surface area (Å²) in [7, 11) is 2.99. The van der Waals surface area contributed by atoms with E-state index in [1.54, 1.807) is 6.92 Å². The van der Waals surface area contributed by atoms with Crippen LogP contribution in [0.1, 0.15) is 6.92 Å². The van der Waals surface area contributed by atoms with Gasteiger partial charge in [0.25, 0.3) is 6.47 Å². The van der Waals surface area contributed by atoms with Gasteiger partial charge in [0.1, 0.15) is 6.61 Å². The Hall–Kier alpha value is -0.360. The lowest BCUT2D eigenvalue weighted by molar-refractivity contribution is -0.140. The highest BCUT2D eigenvalue weighted by Crippen LogP contribution is 2.23. The minimum absolute atomic E-state index is 0.329. The summed E-state index contributed by atoms with van der Waals surface area (Å²) in [6.07, 6.45) is 0. The first-order valence-corrected chi connectivity index (χ1v) is 6.19. The molecule has 0 aromatic rings. The predicted molar refractivity (Wildman–Crippen MR) is 53.7 cm³/mol. The molecule has 0 aliphatic carbocycles. The van der Waals surface area contributed by atoms with E-state index in [-0.39, 0.29) is 5.92 Å². The van der Waals surface area contributed by atoms with Gasteiger partial charge in [0.2, 0.25) is 0 Å². The Morgan fingerprint density at radius 2 is 2.31 bits per heavy atom. The van der Waals surface area contributed by atoms with Crippen LogP contribution in [0.3, 0.4) is 0 Å². The van der Waals surface area contributed by atoms with Crippen molar-refractivity contribution in [1.82, 2.24) is 0 Å². The van der Waals surface area contributed by atoms with E-state index < -0.39 is 5.97 Å². The van der Waals surface area contributed by atoms with E-state index in [0.29, 0.717) is 24.6 Å². The Kier molecular flexibility index (Phi) is 8.02. The molecule has 0 aromatic heterocycles. The molecule has 0 unspecified atom stereocenters. The number of hydrogen-bond donors (Lipinski definition) is 1. The van der Waals surface area contributed by atoms with Crippen LogP contribution in [-0.2, 0) is 14.3 Å². The van der Waals surface area contributed by atoms with Gasteiger partial charge in [-0.1, -0.05) is 28.5 Å². The van der Waals surface area contributed by atoms with Crippen LogP contribution >= 0.6 is 21.6 Å². The molecule has 0 heterocycles. The second-order valence-electron chi connectivity index (χ2n) is 2.31. The highest BCUT2D eigenvalue weighted by Gasteiger charge is 2.10. The Morgan fingerprint density at radius 1 is 1.62 bits per heavy atom. The zero-order valence-corrected chi connectivity index (χ0v) is 8.90. The van der Waals surface area contributed by atoms with Crippen LogP contribution < -0.4 is 0 Å². The maximum Gasteiger partial charge on any atom is 0.307 e. The van der Waals surface area contributed by atoms with Crippen molar-refractivity contribution in [3.63, 3.8) is 0 Å². The summed E-state index contributed by atoms with van der Waals surface area (Å²) < 4.78 is 4.46. The Morgan fingerprint density at radius 3 is 2.85 bits per heavy atom. The lowest BCUT2D eigenvalue weighted by Crippen LogP contribution is -2.11. The molecular formula is C7H12O4S2. The fraction of sp³-hybridized carbons (Fsp3) is 0.714. The van der Waals surface area contributed by atoms with E-state index in [1.165, 1.54) is 21.6 Å². The van der Waals surface area contributed by atoms with Crippen molar-refractivity contribution in [1.29, 1.82) is 0 Å². The molecule has 1 atom stereocenters. The average Bonchev–Trinajstić information content (AvgIpc) is 2.10. The van der Waals surface area contributed by atoms with E-state index in [9.17, 15) is 9.59 Å². The second kappa shape index (κ2) is 8.25. The number of aliphatic carboxylic acids is 1. The van der Waals surface area contributed by atoms with Crippen LogP contribution in [0, 0.1) is 5.92 Å². The lowest BCUT2D eigenvalue weighted by atomic mass is 10.2. The first-order chi connectivity index (χ1) is 6.18. The monoisotopic (exact) mass is 224 g/mol. The molecule has 0 aliphatic rings. The van der Waals surface area contributed by atoms with Crippen molar-refractivity contribution in [2.24, 2.45) is 5.92 Å². The highest BCUT2D eigenvalue weighted by atomic mass is 33.1. The highest BCUT2D eigenvalue weighted by molar-refractivity contribution is 8.76. The number of carbonyl (C=O) groups excluding carboxylic acids is 1. The van der Waals surface area contributed by atoms with Crippen LogP contribution in [0.25, 0.3) is 0 Å². The van der Waals surface area contributed by atoms with Crippen LogP contribution in [0.15, 0.2) is 0 Å². The van der Waals surface area contributed by atoms with E-state index in [2.05, 4.69) is 4.74 Å². The van der Waals surface area contributed by atoms with Crippen molar-refractivity contribution >= 4 is 34.0 Å². The summed E-state index contributed by atoms with van der Waals surface area (Å²) in [6, 6.07) is 0. The van der Waals surface area contributed by atoms with Gasteiger partial charge in [0.05, 0.1) is 5.92 Å². The van der Waals surface area contributed by atoms with Crippen molar-refractivity contribution in [3.05, 3.63) is 0 Å². The molecule has 0 aliphatic heterocycles. The maximum atomic E-state index is 10.4. The molecular weight excluding hydrogens is 212 g/mol. The third-order valence-electron chi connectivity index (χ3n) is 1.18. The Bertz CT molecular complexity index is 163. The van der Waals surface area contributed by atoms with Gasteiger partial charge < -0.3 is 9.84 Å². The fourth-order valence-corrected chi connectivity index (χ4v) is 2.59. The van der Waals surface area contributed by atoms with Crippen molar-refractivity contribution in [2.75, 3.05) is 18.1 Å². The molecule has 0 rings (SSSR count). The van der Waals surface area contributed by atoms with E-state index in [4.69, 9.17) is 5.11 Å². The number of ether oxygens (including phenoxy) is 1. The summed E-state index contributed by atoms with van der Waals surface area (Å²) in [5.74, 6) is 0.151. The number of carboxylic acids is 1. The normalized spacial score (nSPS) is 12.1. The minimum atomic E-state index is -0.780. The van der Waals surface area contributed by atoms with Gasteiger partial charge in [-0.3, -0.25) is 9.59 Å². The zero-order valence-electron chi connectivity index (χ0n) is 7.26. The molecule has 6 heteroatoms. The molecule has 0 aromatic carbocycles. The fourth-order valence-electron chi connectivity index (χ4n) is 0.411. The quantitative estimate of drug-likeness (QED) is 0.380. The molecule has 0 amide bonds. The van der Waals surface area contributed by atoms with E-state index in [1.807, 2.05) is 0 Å². The van der Waals surface area contributed by atoms with Crippen molar-refractivity contribution in [2.45, 2.75) is 6.92 Å². The largest absolute Gasteiger partial charge is 0.481 e. The van der Waals surface area contributed by atoms with Gasteiger partial charge in [-0.2, -0.15) is 0 Å². The van der Waals surface area contributed by atoms with Gasteiger partial charge in [-0.05, 0) is 0 Å². The predicted octanol–water partition coefficient (Wildman–Crippen LogP) is 1.26. The smallest absolute Gasteiger partial charge is 0.307 e. The summed E-state index contributed by atoms with van der Waals surface area (Å²) in [5.41, 5.74) is 0. The SMILES string of the molecule is C[C@H](CSSCCOC=O)C(=O)O. The van der Waals surface area contributed by atoms with E-state index in [0.717, 1.165) is 0 Å². The third kappa shape index (κ3) is 7.98. The van der Waals surface area contributed by atoms with Gasteiger partial charge >= 0.3 is 5.97 Å². The van der Waals surface area contributed by atoms with E-state index >= 15 is 0 Å². The van der Waals surface area contributed by atoms with Crippen LogP contribution in [0.4, 0.5) is 0 Å². The number of rotatable bonds is 8. The molecule has 0 radical (unpaired) electrons. The number of hydrogen-bond acceptors (Lipinski definition) is 5. The van der Waals surface area contributed by atoms with Crippen molar-refractivity contribution in [3.8, 4) is 0 Å². The minimum Gasteiger partial charge on any atom is -0.481 e. The molecule has 76 valence electrons. The Labute approximate surface area is 84.8 Å². The maximum absolute atomic E-state index is 10.4. The topological polar surface area (TPSA) is 63.6 Å². The molecule has 1 N–H and O–H groups in total. The summed E-state index contributed by atoms with van der Waals surface area (Å²) in [6.45, 7) is 2.45. The van der Waals surface area contributed by atoms with Gasteiger partial charge in [-0.15, -0.1) is 0 Å². The third-order valence-corrected chi connectivity index (χ3v) is 3.72. The lowest BCUT2D eigenvalue weighted by Gasteiger charge is -2.04. The summed E-state index contributed by atoms with van der Waals surface area (Å²) >= 11 is 0. The first kappa shape index (κ1) is 12.6. The standard InChI is InChI=1S/C7H12O4S2/c1-6(7(9)10)4-13-12-3-2-11-5-8/h5-6H,2-4H2,1H3,(H,9,10)/t6-/m1/s1. The molecule has 0 bridgehead atoms. The Balaban J connectivity index is 3.15. The molecule has 0 saturated carbocycles. The van der Waals surface area contributed by atoms with Crippen LogP contribution in [0.2, 0.25) is 0 Å². The number of carboxylic acid groups (broad SMARTS) is 1. The molecule has 0 spiro atoms. The molecule has 0 fully saturated rings. The summed E-state index contributed by atoms with van der Waals surface area (Å²) in [5, 5.41) is 8.53. The van der Waals surface area contributed by atoms with Gasteiger partial charge in [0.15, 0.2) is 0 Å². The zero-order chi connectivity index (χ0) is 10.1. The van der Waals surface area contributed by atoms with Gasteiger partial charge in [-0.25, -0.2) is 0 Å². The first-order valence-electron chi connectivity index (χ1n) is 3.71. The summed E-state index contributed by atoms with van der Waals surface area (Å²) in [4.78, 5) is 20.1. The molecule has 0 saturated heterocycles.